The number of rotatable bonds is 9. The summed E-state index contributed by atoms with van der Waals surface area (Å²) < 4.78 is 5.39. The minimum absolute atomic E-state index is 0.0678. The van der Waals surface area contributed by atoms with Gasteiger partial charge in [-0.1, -0.05) is 25.0 Å². The monoisotopic (exact) mass is 450 g/mol. The molecule has 3 atom stereocenters. The average Bonchev–Trinajstić information content (AvgIpc) is 3.53. The largest absolute Gasteiger partial charge is 0.496 e. The quantitative estimate of drug-likeness (QED) is 0.530. The van der Waals surface area contributed by atoms with Crippen molar-refractivity contribution in [3.05, 3.63) is 34.9 Å². The minimum Gasteiger partial charge on any atom is -0.496 e. The molecule has 33 heavy (non-hydrogen) atoms. The Bertz CT molecular complexity index is 1010. The van der Waals surface area contributed by atoms with E-state index in [1.807, 2.05) is 24.3 Å². The number of nitrogens with zero attached hydrogens (tertiary/aromatic N) is 1. The SMILES string of the molecule is COc1cccc2c1C=C(C(=O)NC(CC1CC1)C(=O)NC(C#N)C[C@@H]1CCCNC1=O)C2. The van der Waals surface area contributed by atoms with Gasteiger partial charge in [-0.25, -0.2) is 0 Å². The summed E-state index contributed by atoms with van der Waals surface area (Å²) in [5.41, 5.74) is 2.49. The van der Waals surface area contributed by atoms with Crippen LogP contribution in [0.25, 0.3) is 6.08 Å². The van der Waals surface area contributed by atoms with Gasteiger partial charge < -0.3 is 20.7 Å². The molecule has 0 spiro atoms. The Hall–Kier alpha value is -3.34. The molecule has 3 amide bonds. The minimum atomic E-state index is -0.774. The maximum absolute atomic E-state index is 13.1. The number of hydrogen-bond acceptors (Lipinski definition) is 5. The lowest BCUT2D eigenvalue weighted by molar-refractivity contribution is -0.129. The molecule has 8 heteroatoms. The van der Waals surface area contributed by atoms with Crippen LogP contribution in [0.1, 0.15) is 49.7 Å². The fraction of sp³-hybridized carbons (Fsp3) is 0.520. The predicted molar refractivity (Wildman–Crippen MR) is 122 cm³/mol. The summed E-state index contributed by atoms with van der Waals surface area (Å²) in [6, 6.07) is 6.33. The molecule has 1 heterocycles. The zero-order valence-electron chi connectivity index (χ0n) is 18.9. The van der Waals surface area contributed by atoms with Crippen LogP contribution in [0.4, 0.5) is 0 Å². The molecule has 174 valence electrons. The van der Waals surface area contributed by atoms with Crippen LogP contribution in [0.15, 0.2) is 23.8 Å². The van der Waals surface area contributed by atoms with E-state index in [1.54, 1.807) is 7.11 Å². The summed E-state index contributed by atoms with van der Waals surface area (Å²) >= 11 is 0. The van der Waals surface area contributed by atoms with Crippen LogP contribution in [0.2, 0.25) is 0 Å². The molecular formula is C25H30N4O4. The third-order valence-corrected chi connectivity index (χ3v) is 6.65. The van der Waals surface area contributed by atoms with Gasteiger partial charge >= 0.3 is 0 Å². The van der Waals surface area contributed by atoms with E-state index in [1.165, 1.54) is 0 Å². The number of piperidine rings is 1. The van der Waals surface area contributed by atoms with Gasteiger partial charge in [-0.2, -0.15) is 5.26 Å². The van der Waals surface area contributed by atoms with Crippen molar-refractivity contribution in [1.82, 2.24) is 16.0 Å². The standard InChI is InChI=1S/C25H30N4O4/c1-33-22-6-2-4-16-11-18(13-20(16)22)24(31)29-21(10-15-7-8-15)25(32)28-19(14-26)12-17-5-3-9-27-23(17)30/h2,4,6,13,15,17,19,21H,3,5,7-12H2,1H3,(H,27,30)(H,28,32)(H,29,31)/t17-,19?,21?/m0/s1. The molecule has 1 aromatic rings. The van der Waals surface area contributed by atoms with Crippen molar-refractivity contribution in [3.63, 3.8) is 0 Å². The third kappa shape index (κ3) is 5.54. The van der Waals surface area contributed by atoms with Crippen LogP contribution in [-0.4, -0.2) is 43.5 Å². The van der Waals surface area contributed by atoms with Crippen LogP contribution in [0.5, 0.6) is 5.75 Å². The van der Waals surface area contributed by atoms with E-state index in [-0.39, 0.29) is 30.1 Å². The third-order valence-electron chi connectivity index (χ3n) is 6.65. The molecule has 0 bridgehead atoms. The lowest BCUT2D eigenvalue weighted by Gasteiger charge is -2.25. The van der Waals surface area contributed by atoms with Crippen molar-refractivity contribution in [2.45, 2.75) is 57.0 Å². The molecule has 1 aromatic carbocycles. The summed E-state index contributed by atoms with van der Waals surface area (Å²) in [6.07, 6.45) is 6.76. The normalized spacial score (nSPS) is 21.0. The molecule has 3 aliphatic rings. The second-order valence-electron chi connectivity index (χ2n) is 9.14. The number of fused-ring (bicyclic) bond motifs is 1. The number of carbonyl (C=O) groups is 3. The van der Waals surface area contributed by atoms with Gasteiger partial charge in [-0.05, 0) is 49.3 Å². The first-order valence-electron chi connectivity index (χ1n) is 11.6. The van der Waals surface area contributed by atoms with Crippen LogP contribution >= 0.6 is 0 Å². The maximum Gasteiger partial charge on any atom is 0.248 e. The zero-order chi connectivity index (χ0) is 23.4. The Morgan fingerprint density at radius 1 is 1.24 bits per heavy atom. The summed E-state index contributed by atoms with van der Waals surface area (Å²) in [5, 5.41) is 18.0. The summed E-state index contributed by atoms with van der Waals surface area (Å²) in [7, 11) is 1.60. The molecule has 2 aliphatic carbocycles. The van der Waals surface area contributed by atoms with Crippen molar-refractivity contribution in [1.29, 1.82) is 5.26 Å². The van der Waals surface area contributed by atoms with Gasteiger partial charge in [0.25, 0.3) is 0 Å². The van der Waals surface area contributed by atoms with Crippen molar-refractivity contribution in [2.24, 2.45) is 11.8 Å². The van der Waals surface area contributed by atoms with E-state index in [4.69, 9.17) is 4.74 Å². The van der Waals surface area contributed by atoms with Crippen LogP contribution in [-0.2, 0) is 20.8 Å². The van der Waals surface area contributed by atoms with Gasteiger partial charge in [-0.3, -0.25) is 14.4 Å². The van der Waals surface area contributed by atoms with E-state index in [9.17, 15) is 19.6 Å². The Morgan fingerprint density at radius 3 is 2.76 bits per heavy atom. The zero-order valence-corrected chi connectivity index (χ0v) is 18.9. The number of ether oxygens (including phenoxy) is 1. The number of hydrogen-bond donors (Lipinski definition) is 3. The van der Waals surface area contributed by atoms with E-state index in [0.717, 1.165) is 30.4 Å². The molecule has 0 radical (unpaired) electrons. The Balaban J connectivity index is 1.40. The highest BCUT2D eigenvalue weighted by molar-refractivity contribution is 6.02. The molecule has 8 nitrogen and oxygen atoms in total. The van der Waals surface area contributed by atoms with Crippen molar-refractivity contribution >= 4 is 23.8 Å². The van der Waals surface area contributed by atoms with Gasteiger partial charge in [-0.15, -0.1) is 0 Å². The first-order chi connectivity index (χ1) is 16.0. The van der Waals surface area contributed by atoms with Crippen molar-refractivity contribution < 1.29 is 19.1 Å². The van der Waals surface area contributed by atoms with Crippen molar-refractivity contribution in [3.8, 4) is 11.8 Å². The van der Waals surface area contributed by atoms with Crippen molar-refractivity contribution in [2.75, 3.05) is 13.7 Å². The maximum atomic E-state index is 13.1. The highest BCUT2D eigenvalue weighted by Crippen LogP contribution is 2.35. The highest BCUT2D eigenvalue weighted by atomic mass is 16.5. The first kappa shape index (κ1) is 22.8. The fourth-order valence-corrected chi connectivity index (χ4v) is 4.59. The Morgan fingerprint density at radius 2 is 2.06 bits per heavy atom. The number of benzene rings is 1. The predicted octanol–water partition coefficient (Wildman–Crippen LogP) is 1.84. The lowest BCUT2D eigenvalue weighted by Crippen LogP contribution is -2.51. The summed E-state index contributed by atoms with van der Waals surface area (Å²) in [6.45, 7) is 0.653. The number of nitrogens with one attached hydrogen (secondary N) is 3. The van der Waals surface area contributed by atoms with Crippen LogP contribution < -0.4 is 20.7 Å². The molecule has 2 fully saturated rings. The molecule has 1 saturated heterocycles. The lowest BCUT2D eigenvalue weighted by atomic mass is 9.92. The molecular weight excluding hydrogens is 420 g/mol. The number of carbonyl (C=O) groups excluding carboxylic acids is 3. The molecule has 4 rings (SSSR count). The number of amides is 3. The molecule has 1 saturated carbocycles. The van der Waals surface area contributed by atoms with Gasteiger partial charge in [0.05, 0.1) is 13.2 Å². The van der Waals surface area contributed by atoms with Crippen LogP contribution in [0, 0.1) is 23.2 Å². The molecule has 3 N–H and O–H groups in total. The van der Waals surface area contributed by atoms with E-state index in [2.05, 4.69) is 22.0 Å². The Kier molecular flexibility index (Phi) is 6.97. The molecule has 0 aromatic heterocycles. The number of methoxy groups -OCH3 is 1. The van der Waals surface area contributed by atoms with E-state index < -0.39 is 12.1 Å². The Labute approximate surface area is 193 Å². The van der Waals surface area contributed by atoms with Gasteiger partial charge in [0, 0.05) is 30.0 Å². The van der Waals surface area contributed by atoms with Gasteiger partial charge in [0.2, 0.25) is 17.7 Å². The second kappa shape index (κ2) is 10.1. The topological polar surface area (TPSA) is 120 Å². The van der Waals surface area contributed by atoms with Gasteiger partial charge in [0.15, 0.2) is 0 Å². The molecule has 1 aliphatic heterocycles. The smallest absolute Gasteiger partial charge is 0.248 e. The number of nitriles is 1. The first-order valence-corrected chi connectivity index (χ1v) is 11.6. The molecule has 2 unspecified atom stereocenters. The second-order valence-corrected chi connectivity index (χ2v) is 9.14. The van der Waals surface area contributed by atoms with Crippen LogP contribution in [0.3, 0.4) is 0 Å². The van der Waals surface area contributed by atoms with E-state index >= 15 is 0 Å². The van der Waals surface area contributed by atoms with E-state index in [0.29, 0.717) is 43.0 Å². The van der Waals surface area contributed by atoms with Gasteiger partial charge in [0.1, 0.15) is 17.8 Å². The summed E-state index contributed by atoms with van der Waals surface area (Å²) in [5.74, 6) is 0.117. The summed E-state index contributed by atoms with van der Waals surface area (Å²) in [4.78, 5) is 38.1. The fourth-order valence-electron chi connectivity index (χ4n) is 4.59. The highest BCUT2D eigenvalue weighted by Gasteiger charge is 2.33. The average molecular weight is 451 g/mol.